The molecule has 0 aromatic heterocycles. The fourth-order valence-corrected chi connectivity index (χ4v) is 3.03. The Labute approximate surface area is 101 Å². The van der Waals surface area contributed by atoms with Gasteiger partial charge in [-0.15, -0.1) is 0 Å². The van der Waals surface area contributed by atoms with E-state index in [-0.39, 0.29) is 0 Å². The Morgan fingerprint density at radius 1 is 1.20 bits per heavy atom. The first kappa shape index (κ1) is 14.9. The molecule has 1 heterocycles. The number of thiocarbonyl (C=S) groups is 1. The van der Waals surface area contributed by atoms with Crippen LogP contribution in [0, 0.1) is 11.8 Å². The molecule has 0 amide bonds. The van der Waals surface area contributed by atoms with Crippen molar-refractivity contribution in [1.82, 2.24) is 4.90 Å². The van der Waals surface area contributed by atoms with Crippen LogP contribution in [0.4, 0.5) is 0 Å². The zero-order valence-electron chi connectivity index (χ0n) is 11.2. The van der Waals surface area contributed by atoms with E-state index in [4.69, 9.17) is 12.2 Å². The molecular weight excluding hydrogens is 202 g/mol. The molecule has 1 fully saturated rings. The molecule has 0 aliphatic carbocycles. The van der Waals surface area contributed by atoms with Crippen molar-refractivity contribution in [2.24, 2.45) is 11.8 Å². The zero-order chi connectivity index (χ0) is 12.0. The molecule has 90 valence electrons. The predicted molar refractivity (Wildman–Crippen MR) is 73.4 cm³/mol. The quantitative estimate of drug-likeness (QED) is 0.670. The molecule has 1 nitrogen and oxygen atoms in total. The standard InChI is InChI=1S/C11H21NS.C2H6/c1-5-7-10-8(3)9(4)12(6-2)11(10)13;1-2/h8-10H,5-7H2,1-4H3;1-2H3. The van der Waals surface area contributed by atoms with Crippen LogP contribution in [-0.2, 0) is 0 Å². The van der Waals surface area contributed by atoms with Gasteiger partial charge in [0.1, 0.15) is 0 Å². The molecule has 15 heavy (non-hydrogen) atoms. The Balaban J connectivity index is 0.000000921. The molecule has 1 rings (SSSR count). The Bertz CT molecular complexity index is 191. The van der Waals surface area contributed by atoms with Crippen LogP contribution >= 0.6 is 12.2 Å². The largest absolute Gasteiger partial charge is 0.363 e. The second-order valence-electron chi connectivity index (χ2n) is 4.12. The van der Waals surface area contributed by atoms with Gasteiger partial charge in [-0.1, -0.05) is 46.3 Å². The molecule has 0 aromatic carbocycles. The van der Waals surface area contributed by atoms with E-state index in [0.29, 0.717) is 12.0 Å². The summed E-state index contributed by atoms with van der Waals surface area (Å²) in [7, 11) is 0. The van der Waals surface area contributed by atoms with Crippen LogP contribution in [0.15, 0.2) is 0 Å². The van der Waals surface area contributed by atoms with Gasteiger partial charge in [0.2, 0.25) is 0 Å². The lowest BCUT2D eigenvalue weighted by Crippen LogP contribution is -2.31. The summed E-state index contributed by atoms with van der Waals surface area (Å²) >= 11 is 5.51. The first-order valence-electron chi connectivity index (χ1n) is 6.43. The summed E-state index contributed by atoms with van der Waals surface area (Å²) in [5.41, 5.74) is 0. The van der Waals surface area contributed by atoms with Gasteiger partial charge in [-0.3, -0.25) is 0 Å². The highest BCUT2D eigenvalue weighted by Gasteiger charge is 2.38. The topological polar surface area (TPSA) is 3.24 Å². The van der Waals surface area contributed by atoms with Crippen LogP contribution in [0.5, 0.6) is 0 Å². The maximum Gasteiger partial charge on any atom is 0.0816 e. The Morgan fingerprint density at radius 3 is 2.07 bits per heavy atom. The lowest BCUT2D eigenvalue weighted by Gasteiger charge is -2.22. The summed E-state index contributed by atoms with van der Waals surface area (Å²) in [5.74, 6) is 1.40. The van der Waals surface area contributed by atoms with Gasteiger partial charge in [-0.05, 0) is 26.2 Å². The van der Waals surface area contributed by atoms with Crippen LogP contribution < -0.4 is 0 Å². The molecule has 3 atom stereocenters. The Kier molecular flexibility index (Phi) is 7.16. The second kappa shape index (κ2) is 7.21. The molecule has 1 saturated heterocycles. The van der Waals surface area contributed by atoms with E-state index >= 15 is 0 Å². The molecule has 0 bridgehead atoms. The first-order chi connectivity index (χ1) is 7.13. The van der Waals surface area contributed by atoms with Crippen molar-refractivity contribution in [3.63, 3.8) is 0 Å². The van der Waals surface area contributed by atoms with Gasteiger partial charge in [0, 0.05) is 18.5 Å². The summed E-state index contributed by atoms with van der Waals surface area (Å²) in [6.45, 7) is 14.2. The molecule has 0 aromatic rings. The van der Waals surface area contributed by atoms with Crippen LogP contribution in [0.25, 0.3) is 0 Å². The number of likely N-dealkylation sites (tertiary alicyclic amines) is 1. The smallest absolute Gasteiger partial charge is 0.0816 e. The minimum atomic E-state index is 0.647. The third kappa shape index (κ3) is 3.17. The van der Waals surface area contributed by atoms with Gasteiger partial charge in [-0.25, -0.2) is 0 Å². The lowest BCUT2D eigenvalue weighted by atomic mass is 9.90. The summed E-state index contributed by atoms with van der Waals surface area (Å²) in [6, 6.07) is 0.647. The van der Waals surface area contributed by atoms with Crippen LogP contribution in [-0.4, -0.2) is 22.5 Å². The molecule has 0 spiro atoms. The lowest BCUT2D eigenvalue weighted by molar-refractivity contribution is 0.300. The Morgan fingerprint density at radius 2 is 1.73 bits per heavy atom. The fourth-order valence-electron chi connectivity index (χ4n) is 2.40. The van der Waals surface area contributed by atoms with E-state index < -0.39 is 0 Å². The number of hydrogen-bond acceptors (Lipinski definition) is 1. The molecule has 0 saturated carbocycles. The maximum absolute atomic E-state index is 5.51. The fraction of sp³-hybridized carbons (Fsp3) is 0.923. The van der Waals surface area contributed by atoms with E-state index in [1.807, 2.05) is 13.8 Å². The van der Waals surface area contributed by atoms with Crippen LogP contribution in [0.2, 0.25) is 0 Å². The highest BCUT2D eigenvalue weighted by molar-refractivity contribution is 7.80. The van der Waals surface area contributed by atoms with Crippen molar-refractivity contribution in [2.75, 3.05) is 6.54 Å². The molecule has 3 unspecified atom stereocenters. The number of nitrogens with zero attached hydrogens (tertiary/aromatic N) is 1. The molecular formula is C13H27NS. The number of hydrogen-bond donors (Lipinski definition) is 0. The van der Waals surface area contributed by atoms with Gasteiger partial charge in [0.05, 0.1) is 4.99 Å². The van der Waals surface area contributed by atoms with Crippen LogP contribution in [0.3, 0.4) is 0 Å². The highest BCUT2D eigenvalue weighted by atomic mass is 32.1. The maximum atomic E-state index is 5.51. The second-order valence-corrected chi connectivity index (χ2v) is 4.54. The summed E-state index contributed by atoms with van der Waals surface area (Å²) in [6.07, 6.45) is 2.51. The third-order valence-electron chi connectivity index (χ3n) is 3.43. The average Bonchev–Trinajstić information content (AvgIpc) is 2.46. The van der Waals surface area contributed by atoms with Crippen molar-refractivity contribution in [3.8, 4) is 0 Å². The molecule has 1 aliphatic heterocycles. The van der Waals surface area contributed by atoms with Crippen molar-refractivity contribution in [3.05, 3.63) is 0 Å². The molecule has 0 N–H and O–H groups in total. The molecule has 1 aliphatic rings. The SMILES string of the molecule is CC.CCCC1C(=S)N(CC)C(C)C1C. The van der Waals surface area contributed by atoms with E-state index in [1.54, 1.807) is 0 Å². The molecule has 2 heteroatoms. The zero-order valence-corrected chi connectivity index (χ0v) is 12.0. The third-order valence-corrected chi connectivity index (χ3v) is 3.97. The van der Waals surface area contributed by atoms with Gasteiger partial charge in [0.25, 0.3) is 0 Å². The highest BCUT2D eigenvalue weighted by Crippen LogP contribution is 2.34. The normalized spacial score (nSPS) is 30.1. The van der Waals surface area contributed by atoms with Gasteiger partial charge in [-0.2, -0.15) is 0 Å². The Hall–Kier alpha value is -0.110. The van der Waals surface area contributed by atoms with E-state index in [1.165, 1.54) is 17.8 Å². The first-order valence-corrected chi connectivity index (χ1v) is 6.84. The average molecular weight is 229 g/mol. The molecule has 0 radical (unpaired) electrons. The van der Waals surface area contributed by atoms with Gasteiger partial charge in [0.15, 0.2) is 0 Å². The van der Waals surface area contributed by atoms with Crippen molar-refractivity contribution in [2.45, 2.75) is 60.4 Å². The van der Waals surface area contributed by atoms with E-state index in [0.717, 1.165) is 12.5 Å². The summed E-state index contributed by atoms with van der Waals surface area (Å²) < 4.78 is 0. The number of rotatable bonds is 3. The van der Waals surface area contributed by atoms with Crippen LogP contribution in [0.1, 0.15) is 54.4 Å². The van der Waals surface area contributed by atoms with Crippen molar-refractivity contribution < 1.29 is 0 Å². The van der Waals surface area contributed by atoms with Crippen molar-refractivity contribution in [1.29, 1.82) is 0 Å². The minimum absolute atomic E-state index is 0.647. The monoisotopic (exact) mass is 229 g/mol. The summed E-state index contributed by atoms with van der Waals surface area (Å²) in [4.78, 5) is 3.60. The van der Waals surface area contributed by atoms with Gasteiger partial charge >= 0.3 is 0 Å². The predicted octanol–water partition coefficient (Wildman–Crippen LogP) is 4.12. The van der Waals surface area contributed by atoms with Crippen molar-refractivity contribution >= 4 is 17.2 Å². The van der Waals surface area contributed by atoms with Gasteiger partial charge < -0.3 is 4.90 Å². The minimum Gasteiger partial charge on any atom is -0.363 e. The van der Waals surface area contributed by atoms with E-state index in [2.05, 4.69) is 32.6 Å². The summed E-state index contributed by atoms with van der Waals surface area (Å²) in [5, 5.41) is 0. The van der Waals surface area contributed by atoms with E-state index in [9.17, 15) is 0 Å².